The Hall–Kier alpha value is -2.09. The van der Waals surface area contributed by atoms with Crippen LogP contribution in [0.5, 0.6) is 0 Å². The minimum absolute atomic E-state index is 0.0258. The third kappa shape index (κ3) is 2.28. The van der Waals surface area contributed by atoms with Gasteiger partial charge in [0, 0.05) is 6.21 Å². The molecule has 7 heteroatoms. The molecule has 24 heavy (non-hydrogen) atoms. The zero-order valence-electron chi connectivity index (χ0n) is 13.5. The van der Waals surface area contributed by atoms with E-state index in [4.69, 9.17) is 9.41 Å². The third-order valence-corrected chi connectivity index (χ3v) is 5.49. The molecule has 3 N–H and O–H groups in total. The summed E-state index contributed by atoms with van der Waals surface area (Å²) in [5.74, 6) is -0.0713. The van der Waals surface area contributed by atoms with Crippen molar-refractivity contribution in [3.8, 4) is 0 Å². The number of hydrogen-bond donors (Lipinski definition) is 3. The first-order valence-electron chi connectivity index (χ1n) is 8.60. The highest BCUT2D eigenvalue weighted by atomic mass is 16.3. The van der Waals surface area contributed by atoms with E-state index in [2.05, 4.69) is 4.98 Å². The minimum atomic E-state index is -0.509. The van der Waals surface area contributed by atoms with Gasteiger partial charge in [-0.15, -0.1) is 0 Å². The number of para-hydroxylation sites is 2. The third-order valence-electron chi connectivity index (χ3n) is 5.49. The van der Waals surface area contributed by atoms with Crippen molar-refractivity contribution >= 4 is 23.6 Å². The molecule has 4 saturated heterocycles. The molecule has 4 fully saturated rings. The number of aromatic nitrogens is 1. The van der Waals surface area contributed by atoms with Gasteiger partial charge >= 0.3 is 0 Å². The van der Waals surface area contributed by atoms with Gasteiger partial charge in [0.25, 0.3) is 0 Å². The average molecular weight is 328 g/mol. The van der Waals surface area contributed by atoms with Gasteiger partial charge in [-0.1, -0.05) is 12.1 Å². The van der Waals surface area contributed by atoms with Gasteiger partial charge in [0.15, 0.2) is 5.58 Å². The maximum absolute atomic E-state index is 11.6. The molecule has 0 spiro atoms. The fourth-order valence-electron chi connectivity index (χ4n) is 4.77. The molecular formula is C17H22N5O2+3. The number of nitrogens with one attached hydrogen (secondary N) is 3. The average Bonchev–Trinajstić information content (AvgIpc) is 2.98. The maximum atomic E-state index is 11.6. The zero-order valence-corrected chi connectivity index (χ0v) is 13.5. The summed E-state index contributed by atoms with van der Waals surface area (Å²) in [5.41, 5.74) is 1.47. The van der Waals surface area contributed by atoms with E-state index in [9.17, 15) is 4.79 Å². The summed E-state index contributed by atoms with van der Waals surface area (Å²) >= 11 is 0. The summed E-state index contributed by atoms with van der Waals surface area (Å²) in [6.07, 6.45) is 2.65. The highest BCUT2D eigenvalue weighted by Crippen LogP contribution is 2.20. The summed E-state index contributed by atoms with van der Waals surface area (Å²) in [6.45, 7) is 6.87. The van der Waals surface area contributed by atoms with Crippen LogP contribution < -0.4 is 14.7 Å². The number of carbonyl (C=O) groups is 1. The van der Waals surface area contributed by atoms with Crippen molar-refractivity contribution in [1.82, 2.24) is 4.98 Å². The van der Waals surface area contributed by atoms with Gasteiger partial charge in [-0.25, -0.2) is 19.7 Å². The number of aldehydes is 1. The van der Waals surface area contributed by atoms with Crippen LogP contribution in [0.4, 0.5) is 0 Å². The van der Waals surface area contributed by atoms with Crippen LogP contribution in [-0.2, 0) is 4.79 Å². The fraction of sp³-hybridized carbons (Fsp3) is 0.471. The van der Waals surface area contributed by atoms with E-state index < -0.39 is 5.92 Å². The van der Waals surface area contributed by atoms with Crippen molar-refractivity contribution in [3.05, 3.63) is 30.2 Å². The van der Waals surface area contributed by atoms with E-state index in [1.165, 1.54) is 20.0 Å². The van der Waals surface area contributed by atoms with Crippen molar-refractivity contribution in [2.45, 2.75) is 11.5 Å². The number of fused-ring (bicyclic) bond motifs is 1. The number of quaternary nitrogens is 3. The molecule has 0 saturated carbocycles. The number of hydrogen-bond acceptors (Lipinski definition) is 4. The van der Waals surface area contributed by atoms with Gasteiger partial charge in [-0.2, -0.15) is 0 Å². The smallest absolute Gasteiger partial charge is 0.213 e. The number of aliphatic imine (C=N–C) groups is 1. The fourth-order valence-corrected chi connectivity index (χ4v) is 4.77. The number of carbonyl (C=O) groups excluding carboxylic acids is 1. The van der Waals surface area contributed by atoms with E-state index >= 15 is 0 Å². The van der Waals surface area contributed by atoms with Crippen molar-refractivity contribution in [2.75, 3.05) is 39.6 Å². The van der Waals surface area contributed by atoms with Crippen LogP contribution in [0, 0.1) is 0 Å². The van der Waals surface area contributed by atoms with Crippen molar-refractivity contribution < 1.29 is 23.9 Å². The van der Waals surface area contributed by atoms with E-state index in [1.807, 2.05) is 24.3 Å². The molecule has 0 amide bonds. The Morgan fingerprint density at radius 2 is 1.79 bits per heavy atom. The highest BCUT2D eigenvalue weighted by molar-refractivity contribution is 5.87. The molecule has 0 radical (unpaired) electrons. The number of rotatable bonds is 4. The van der Waals surface area contributed by atoms with Crippen LogP contribution >= 0.6 is 0 Å². The predicted molar refractivity (Wildman–Crippen MR) is 86.1 cm³/mol. The molecule has 1 aromatic heterocycles. The molecule has 7 nitrogen and oxygen atoms in total. The Kier molecular flexibility index (Phi) is 3.09. The standard InChI is InChI=1S/C17H19N5O2/c23-6-13(16-19-14-3-1-2-4-15(14)24-16)5-18-17-7-20-10-21(8-17)12-22(9-17)11-20/h1-6,13H,7-12H2/p+3/t13-/m0/s1. The van der Waals surface area contributed by atoms with Crippen molar-refractivity contribution in [1.29, 1.82) is 0 Å². The Balaban J connectivity index is 1.42. The van der Waals surface area contributed by atoms with E-state index in [1.54, 1.807) is 20.9 Å². The summed E-state index contributed by atoms with van der Waals surface area (Å²) in [4.78, 5) is 25.8. The first-order chi connectivity index (χ1) is 11.7. The van der Waals surface area contributed by atoms with Gasteiger partial charge in [-0.05, 0) is 12.1 Å². The lowest BCUT2D eigenvalue weighted by molar-refractivity contribution is -1.29. The first kappa shape index (κ1) is 14.3. The van der Waals surface area contributed by atoms with E-state index in [0.29, 0.717) is 11.5 Å². The van der Waals surface area contributed by atoms with Crippen LogP contribution in [0.2, 0.25) is 0 Å². The minimum Gasteiger partial charge on any atom is -0.440 e. The lowest BCUT2D eigenvalue weighted by atomic mass is 9.91. The number of oxazole rings is 1. The summed E-state index contributed by atoms with van der Waals surface area (Å²) in [6, 6.07) is 7.58. The molecule has 1 atom stereocenters. The molecule has 1 aromatic carbocycles. The lowest BCUT2D eigenvalue weighted by Gasteiger charge is -2.50. The molecule has 6 rings (SSSR count). The molecule has 2 aromatic rings. The summed E-state index contributed by atoms with van der Waals surface area (Å²) in [7, 11) is 0. The Bertz CT molecular complexity index is 746. The van der Waals surface area contributed by atoms with Gasteiger partial charge in [-0.3, -0.25) is 4.99 Å². The molecule has 4 aliphatic rings. The molecular weight excluding hydrogens is 306 g/mol. The van der Waals surface area contributed by atoms with Crippen LogP contribution in [0.25, 0.3) is 11.1 Å². The number of nitrogens with zero attached hydrogens (tertiary/aromatic N) is 2. The Labute approximate surface area is 139 Å². The quantitative estimate of drug-likeness (QED) is 0.403. The second-order valence-electron chi connectivity index (χ2n) is 7.49. The summed E-state index contributed by atoms with van der Waals surface area (Å²) < 4.78 is 5.74. The molecule has 124 valence electrons. The van der Waals surface area contributed by atoms with Gasteiger partial charge in [0.05, 0.1) is 0 Å². The molecule has 4 aliphatic heterocycles. The van der Waals surface area contributed by atoms with Crippen LogP contribution in [0.15, 0.2) is 33.7 Å². The van der Waals surface area contributed by atoms with Gasteiger partial charge in [0.1, 0.15) is 37.4 Å². The molecule has 4 bridgehead atoms. The predicted octanol–water partition coefficient (Wildman–Crippen LogP) is -3.51. The second-order valence-corrected chi connectivity index (χ2v) is 7.49. The monoisotopic (exact) mass is 328 g/mol. The Morgan fingerprint density at radius 1 is 1.12 bits per heavy atom. The maximum Gasteiger partial charge on any atom is 0.213 e. The lowest BCUT2D eigenvalue weighted by Crippen LogP contribution is -3.56. The molecule has 0 unspecified atom stereocenters. The van der Waals surface area contributed by atoms with Crippen LogP contribution in [0.1, 0.15) is 11.8 Å². The first-order valence-corrected chi connectivity index (χ1v) is 8.60. The van der Waals surface area contributed by atoms with Crippen molar-refractivity contribution in [3.63, 3.8) is 0 Å². The van der Waals surface area contributed by atoms with Crippen LogP contribution in [0.3, 0.4) is 0 Å². The SMILES string of the molecule is O=C[C@H](C=NC12C[NH+]3C[NH+](C[NH+](C3)C1)C2)c1nc2ccccc2o1. The van der Waals surface area contributed by atoms with E-state index in [-0.39, 0.29) is 5.54 Å². The van der Waals surface area contributed by atoms with Crippen molar-refractivity contribution in [2.24, 2.45) is 4.99 Å². The van der Waals surface area contributed by atoms with Gasteiger partial charge in [0.2, 0.25) is 31.4 Å². The van der Waals surface area contributed by atoms with Gasteiger partial charge < -0.3 is 9.21 Å². The van der Waals surface area contributed by atoms with E-state index in [0.717, 1.165) is 31.4 Å². The number of benzene rings is 1. The summed E-state index contributed by atoms with van der Waals surface area (Å²) in [5, 5.41) is 0. The largest absolute Gasteiger partial charge is 0.440 e. The second kappa shape index (κ2) is 5.20. The molecule has 5 heterocycles. The van der Waals surface area contributed by atoms with Crippen LogP contribution in [-0.4, -0.2) is 62.7 Å². The normalized spacial score (nSPS) is 35.8. The Morgan fingerprint density at radius 3 is 2.42 bits per heavy atom. The zero-order chi connectivity index (χ0) is 16.1. The molecule has 0 aliphatic carbocycles. The topological polar surface area (TPSA) is 68.8 Å². The highest BCUT2D eigenvalue weighted by Gasteiger charge is 2.57.